The SMILES string of the molecule is Cc1cccc(Cl)c1S. The molecule has 0 aliphatic carbocycles. The summed E-state index contributed by atoms with van der Waals surface area (Å²) in [4.78, 5) is 0.874. The van der Waals surface area contributed by atoms with E-state index >= 15 is 0 Å². The molecule has 0 heterocycles. The van der Waals surface area contributed by atoms with Gasteiger partial charge in [0.1, 0.15) is 0 Å². The topological polar surface area (TPSA) is 0 Å². The number of rotatable bonds is 0. The fourth-order valence-electron chi connectivity index (χ4n) is 0.623. The lowest BCUT2D eigenvalue weighted by Gasteiger charge is -1.97. The van der Waals surface area contributed by atoms with Crippen LogP contribution in [0.2, 0.25) is 5.02 Å². The van der Waals surface area contributed by atoms with E-state index in [0.717, 1.165) is 15.5 Å². The standard InChI is InChI=1S/C7H7ClS/c1-5-3-2-4-6(8)7(5)9/h2-4,9H,1H3. The summed E-state index contributed by atoms with van der Waals surface area (Å²) < 4.78 is 0. The predicted molar refractivity (Wildman–Crippen MR) is 43.4 cm³/mol. The number of aryl methyl sites for hydroxylation is 1. The van der Waals surface area contributed by atoms with Gasteiger partial charge in [0.25, 0.3) is 0 Å². The van der Waals surface area contributed by atoms with Crippen LogP contribution in [0, 0.1) is 6.92 Å². The maximum absolute atomic E-state index is 5.74. The lowest BCUT2D eigenvalue weighted by molar-refractivity contribution is 1.31. The maximum atomic E-state index is 5.74. The van der Waals surface area contributed by atoms with Crippen molar-refractivity contribution in [3.8, 4) is 0 Å². The molecule has 0 aliphatic heterocycles. The monoisotopic (exact) mass is 158 g/mol. The van der Waals surface area contributed by atoms with Crippen molar-refractivity contribution in [2.45, 2.75) is 11.8 Å². The molecule has 1 aromatic rings. The number of hydrogen-bond donors (Lipinski definition) is 1. The summed E-state index contributed by atoms with van der Waals surface area (Å²) in [5.74, 6) is 0. The van der Waals surface area contributed by atoms with Gasteiger partial charge in [0.05, 0.1) is 5.02 Å². The van der Waals surface area contributed by atoms with Crippen molar-refractivity contribution in [3.63, 3.8) is 0 Å². The van der Waals surface area contributed by atoms with E-state index in [4.69, 9.17) is 11.6 Å². The van der Waals surface area contributed by atoms with Crippen molar-refractivity contribution < 1.29 is 0 Å². The van der Waals surface area contributed by atoms with Crippen LogP contribution in [0.15, 0.2) is 23.1 Å². The highest BCUT2D eigenvalue weighted by Crippen LogP contribution is 2.22. The first kappa shape index (κ1) is 6.97. The van der Waals surface area contributed by atoms with Crippen LogP contribution >= 0.6 is 24.2 Å². The van der Waals surface area contributed by atoms with Crippen LogP contribution in [0.3, 0.4) is 0 Å². The fraction of sp³-hybridized carbons (Fsp3) is 0.143. The van der Waals surface area contributed by atoms with E-state index < -0.39 is 0 Å². The predicted octanol–water partition coefficient (Wildman–Crippen LogP) is 2.94. The second-order valence-electron chi connectivity index (χ2n) is 1.91. The molecule has 0 saturated heterocycles. The van der Waals surface area contributed by atoms with Crippen LogP contribution in [0.1, 0.15) is 5.56 Å². The van der Waals surface area contributed by atoms with Crippen molar-refractivity contribution in [2.24, 2.45) is 0 Å². The summed E-state index contributed by atoms with van der Waals surface area (Å²) in [6, 6.07) is 5.72. The minimum atomic E-state index is 0.721. The lowest BCUT2D eigenvalue weighted by Crippen LogP contribution is -1.74. The summed E-state index contributed by atoms with van der Waals surface area (Å²) in [5.41, 5.74) is 1.12. The van der Waals surface area contributed by atoms with Crippen LogP contribution in [0.5, 0.6) is 0 Å². The summed E-state index contributed by atoms with van der Waals surface area (Å²) in [6.07, 6.45) is 0. The molecule has 0 nitrogen and oxygen atoms in total. The van der Waals surface area contributed by atoms with Gasteiger partial charge >= 0.3 is 0 Å². The zero-order valence-corrected chi connectivity index (χ0v) is 6.71. The molecule has 1 aromatic carbocycles. The summed E-state index contributed by atoms with van der Waals surface area (Å²) >= 11 is 9.92. The average molecular weight is 159 g/mol. The van der Waals surface area contributed by atoms with E-state index in [1.165, 1.54) is 0 Å². The highest BCUT2D eigenvalue weighted by Gasteiger charge is 1.95. The van der Waals surface area contributed by atoms with Gasteiger partial charge < -0.3 is 0 Å². The summed E-state index contributed by atoms with van der Waals surface area (Å²) in [5, 5.41) is 0.721. The van der Waals surface area contributed by atoms with E-state index in [0.29, 0.717) is 0 Å². The Labute approximate surface area is 65.3 Å². The largest absolute Gasteiger partial charge is 0.142 e. The number of hydrogen-bond acceptors (Lipinski definition) is 1. The molecule has 0 unspecified atom stereocenters. The Balaban J connectivity index is 3.25. The first-order valence-corrected chi connectivity index (χ1v) is 3.48. The summed E-state index contributed by atoms with van der Waals surface area (Å²) in [7, 11) is 0. The Kier molecular flexibility index (Phi) is 2.04. The normalized spacial score (nSPS) is 9.67. The molecule has 0 N–H and O–H groups in total. The molecule has 2 heteroatoms. The van der Waals surface area contributed by atoms with Crippen molar-refractivity contribution >= 4 is 24.2 Å². The lowest BCUT2D eigenvalue weighted by atomic mass is 10.2. The third-order valence-corrected chi connectivity index (χ3v) is 2.23. The maximum Gasteiger partial charge on any atom is 0.0541 e. The van der Waals surface area contributed by atoms with Gasteiger partial charge in [-0.05, 0) is 18.6 Å². The Morgan fingerprint density at radius 2 is 2.11 bits per heavy atom. The van der Waals surface area contributed by atoms with E-state index in [1.54, 1.807) is 0 Å². The second-order valence-corrected chi connectivity index (χ2v) is 2.76. The van der Waals surface area contributed by atoms with Gasteiger partial charge in [-0.25, -0.2) is 0 Å². The van der Waals surface area contributed by atoms with Crippen LogP contribution in [0.4, 0.5) is 0 Å². The van der Waals surface area contributed by atoms with Crippen molar-refractivity contribution in [1.29, 1.82) is 0 Å². The number of halogens is 1. The first-order valence-electron chi connectivity index (χ1n) is 2.66. The van der Waals surface area contributed by atoms with Gasteiger partial charge in [-0.3, -0.25) is 0 Å². The molecule has 48 valence electrons. The highest BCUT2D eigenvalue weighted by atomic mass is 35.5. The van der Waals surface area contributed by atoms with Crippen LogP contribution in [-0.4, -0.2) is 0 Å². The van der Waals surface area contributed by atoms with E-state index in [2.05, 4.69) is 12.6 Å². The Hall–Kier alpha value is -0.140. The molecule has 0 saturated carbocycles. The molecule has 0 radical (unpaired) electrons. The van der Waals surface area contributed by atoms with Gasteiger partial charge in [-0.1, -0.05) is 23.7 Å². The molecule has 0 fully saturated rings. The zero-order chi connectivity index (χ0) is 6.85. The van der Waals surface area contributed by atoms with Crippen LogP contribution < -0.4 is 0 Å². The third-order valence-electron chi connectivity index (χ3n) is 1.19. The van der Waals surface area contributed by atoms with Crippen molar-refractivity contribution in [1.82, 2.24) is 0 Å². The number of benzene rings is 1. The summed E-state index contributed by atoms with van der Waals surface area (Å²) in [6.45, 7) is 1.98. The first-order chi connectivity index (χ1) is 4.22. The molecule has 1 rings (SSSR count). The van der Waals surface area contributed by atoms with Crippen LogP contribution in [-0.2, 0) is 0 Å². The molecule has 0 aliphatic rings. The molecular formula is C7H7ClS. The molecule has 9 heavy (non-hydrogen) atoms. The zero-order valence-electron chi connectivity index (χ0n) is 5.06. The Bertz CT molecular complexity index is 200. The van der Waals surface area contributed by atoms with E-state index in [9.17, 15) is 0 Å². The molecule has 0 atom stereocenters. The average Bonchev–Trinajstić information content (AvgIpc) is 1.83. The molecule has 0 aromatic heterocycles. The Morgan fingerprint density at radius 3 is 2.56 bits per heavy atom. The minimum absolute atomic E-state index is 0.721. The van der Waals surface area contributed by atoms with Gasteiger partial charge in [-0.2, -0.15) is 0 Å². The fourth-order valence-corrected chi connectivity index (χ4v) is 0.994. The van der Waals surface area contributed by atoms with E-state index in [-0.39, 0.29) is 0 Å². The highest BCUT2D eigenvalue weighted by molar-refractivity contribution is 7.80. The van der Waals surface area contributed by atoms with Gasteiger partial charge in [0.2, 0.25) is 0 Å². The van der Waals surface area contributed by atoms with Gasteiger partial charge in [-0.15, -0.1) is 12.6 Å². The quantitative estimate of drug-likeness (QED) is 0.552. The van der Waals surface area contributed by atoms with E-state index in [1.807, 2.05) is 25.1 Å². The second kappa shape index (κ2) is 2.63. The smallest absolute Gasteiger partial charge is 0.0541 e. The van der Waals surface area contributed by atoms with Gasteiger partial charge in [0.15, 0.2) is 0 Å². The molecular weight excluding hydrogens is 152 g/mol. The minimum Gasteiger partial charge on any atom is -0.142 e. The van der Waals surface area contributed by atoms with Gasteiger partial charge in [0, 0.05) is 4.90 Å². The van der Waals surface area contributed by atoms with Crippen LogP contribution in [0.25, 0.3) is 0 Å². The molecule has 0 spiro atoms. The molecule has 0 bridgehead atoms. The van der Waals surface area contributed by atoms with Crippen molar-refractivity contribution in [3.05, 3.63) is 28.8 Å². The van der Waals surface area contributed by atoms with Crippen molar-refractivity contribution in [2.75, 3.05) is 0 Å². The number of thiol groups is 1. The Morgan fingerprint density at radius 1 is 1.44 bits per heavy atom. The molecule has 0 amide bonds. The third kappa shape index (κ3) is 1.41.